The van der Waals surface area contributed by atoms with E-state index in [1.54, 1.807) is 7.05 Å². The van der Waals surface area contributed by atoms with Crippen molar-refractivity contribution in [3.63, 3.8) is 0 Å². The van der Waals surface area contributed by atoms with E-state index in [9.17, 15) is 8.42 Å². The Labute approximate surface area is 229 Å². The topological polar surface area (TPSA) is 106 Å². The first kappa shape index (κ1) is 25.4. The number of aromatic amines is 1. The van der Waals surface area contributed by atoms with Crippen molar-refractivity contribution in [1.29, 1.82) is 0 Å². The van der Waals surface area contributed by atoms with Crippen LogP contribution in [0.2, 0.25) is 0 Å². The quantitative estimate of drug-likeness (QED) is 0.318. The maximum atomic E-state index is 12.4. The van der Waals surface area contributed by atoms with E-state index in [0.29, 0.717) is 18.2 Å². The highest BCUT2D eigenvalue weighted by Gasteiger charge is 2.39. The Morgan fingerprint density at radius 3 is 2.74 bits per heavy atom. The van der Waals surface area contributed by atoms with Crippen molar-refractivity contribution in [2.24, 2.45) is 0 Å². The Hall–Kier alpha value is -3.89. The van der Waals surface area contributed by atoms with Gasteiger partial charge in [-0.1, -0.05) is 32.1 Å². The van der Waals surface area contributed by atoms with Gasteiger partial charge in [0, 0.05) is 65.7 Å². The predicted octanol–water partition coefficient (Wildman–Crippen LogP) is 4.90. The normalized spacial score (nSPS) is 16.7. The molecule has 6 rings (SSSR count). The molecule has 4 aromatic rings. The molecule has 39 heavy (non-hydrogen) atoms. The summed E-state index contributed by atoms with van der Waals surface area (Å²) in [6.45, 7) is 6.83. The Morgan fingerprint density at radius 1 is 1.15 bits per heavy atom. The van der Waals surface area contributed by atoms with E-state index in [1.165, 1.54) is 21.7 Å². The first-order chi connectivity index (χ1) is 18.6. The molecule has 0 unspecified atom stereocenters. The molecule has 0 bridgehead atoms. The Balaban J connectivity index is 1.37. The SMILES string of the molecule is CN(c1ccccc1N1CC(C)(C)c2cnc(Nc3ccc4[nH]cc(C5=CCNCC5)c4c3)nc21)S(C)(=O)=O. The fourth-order valence-electron chi connectivity index (χ4n) is 5.47. The average molecular weight is 544 g/mol. The van der Waals surface area contributed by atoms with Crippen LogP contribution in [0.4, 0.5) is 28.8 Å². The number of fused-ring (bicyclic) bond motifs is 2. The standard InChI is InChI=1S/C29H33N7O2S/c1-29(2)18-36(26-8-6-5-7-25(26)35(3)39(4,37)38)27-23(29)17-32-28(34-27)33-20-9-10-24-21(15-20)22(16-31-24)19-11-13-30-14-12-19/h5-11,15-17,30-31H,12-14,18H2,1-4H3,(H,32,33,34). The number of anilines is 5. The number of nitrogens with zero attached hydrogens (tertiary/aromatic N) is 4. The highest BCUT2D eigenvalue weighted by molar-refractivity contribution is 7.92. The van der Waals surface area contributed by atoms with Crippen molar-refractivity contribution in [2.45, 2.75) is 25.7 Å². The summed E-state index contributed by atoms with van der Waals surface area (Å²) in [5.74, 6) is 1.26. The molecule has 2 aromatic carbocycles. The first-order valence-corrected chi connectivity index (χ1v) is 14.9. The van der Waals surface area contributed by atoms with Crippen molar-refractivity contribution < 1.29 is 8.42 Å². The number of hydrogen-bond donors (Lipinski definition) is 3. The van der Waals surface area contributed by atoms with Gasteiger partial charge in [-0.15, -0.1) is 0 Å². The minimum absolute atomic E-state index is 0.216. The van der Waals surface area contributed by atoms with Crippen LogP contribution in [-0.2, 0) is 15.4 Å². The average Bonchev–Trinajstić information content (AvgIpc) is 3.46. The van der Waals surface area contributed by atoms with Gasteiger partial charge in [-0.25, -0.2) is 13.4 Å². The van der Waals surface area contributed by atoms with Gasteiger partial charge in [0.25, 0.3) is 0 Å². The molecule has 0 saturated carbocycles. The summed E-state index contributed by atoms with van der Waals surface area (Å²) >= 11 is 0. The molecule has 0 spiro atoms. The van der Waals surface area contributed by atoms with Gasteiger partial charge in [0.1, 0.15) is 5.82 Å². The molecule has 0 aliphatic carbocycles. The maximum absolute atomic E-state index is 12.4. The fraction of sp³-hybridized carbons (Fsp3) is 0.310. The molecule has 0 saturated heterocycles. The summed E-state index contributed by atoms with van der Waals surface area (Å²) in [7, 11) is -1.86. The first-order valence-electron chi connectivity index (χ1n) is 13.1. The van der Waals surface area contributed by atoms with Crippen molar-refractivity contribution in [1.82, 2.24) is 20.3 Å². The van der Waals surface area contributed by atoms with Crippen LogP contribution in [0.3, 0.4) is 0 Å². The van der Waals surface area contributed by atoms with Crippen LogP contribution in [0, 0.1) is 0 Å². The number of aromatic nitrogens is 3. The van der Waals surface area contributed by atoms with Gasteiger partial charge in [-0.3, -0.25) is 4.31 Å². The number of para-hydroxylation sites is 2. The lowest BCUT2D eigenvalue weighted by molar-refractivity contribution is 0.567. The molecule has 2 aliphatic heterocycles. The largest absolute Gasteiger partial charge is 0.361 e. The van der Waals surface area contributed by atoms with Crippen molar-refractivity contribution in [3.05, 3.63) is 72.1 Å². The van der Waals surface area contributed by atoms with Gasteiger partial charge in [0.15, 0.2) is 0 Å². The number of benzene rings is 2. The van der Waals surface area contributed by atoms with Crippen molar-refractivity contribution in [2.75, 3.05) is 47.5 Å². The third-order valence-corrected chi connectivity index (χ3v) is 8.86. The van der Waals surface area contributed by atoms with Gasteiger partial charge in [0.05, 0.1) is 17.6 Å². The number of nitrogens with one attached hydrogen (secondary N) is 3. The number of hydrogen-bond acceptors (Lipinski definition) is 7. The van der Waals surface area contributed by atoms with E-state index in [4.69, 9.17) is 4.98 Å². The summed E-state index contributed by atoms with van der Waals surface area (Å²) < 4.78 is 26.1. The summed E-state index contributed by atoms with van der Waals surface area (Å²) in [6, 6.07) is 13.8. The van der Waals surface area contributed by atoms with Crippen LogP contribution >= 0.6 is 0 Å². The molecule has 10 heteroatoms. The van der Waals surface area contributed by atoms with Gasteiger partial charge >= 0.3 is 0 Å². The molecule has 0 amide bonds. The van der Waals surface area contributed by atoms with Gasteiger partial charge < -0.3 is 20.5 Å². The van der Waals surface area contributed by atoms with Crippen LogP contribution in [-0.4, -0.2) is 56.3 Å². The minimum atomic E-state index is -3.44. The van der Waals surface area contributed by atoms with Crippen LogP contribution in [0.1, 0.15) is 31.4 Å². The molecule has 2 aliphatic rings. The zero-order valence-electron chi connectivity index (χ0n) is 22.6. The molecule has 4 heterocycles. The Morgan fingerprint density at radius 2 is 1.97 bits per heavy atom. The smallest absolute Gasteiger partial charge is 0.232 e. The number of rotatable bonds is 6. The molecule has 2 aromatic heterocycles. The summed E-state index contributed by atoms with van der Waals surface area (Å²) in [5.41, 5.74) is 6.76. The fourth-order valence-corrected chi connectivity index (χ4v) is 5.98. The molecule has 202 valence electrons. The molecular formula is C29H33N7O2S. The highest BCUT2D eigenvalue weighted by atomic mass is 32.2. The van der Waals surface area contributed by atoms with E-state index in [-0.39, 0.29) is 5.41 Å². The molecule has 0 atom stereocenters. The van der Waals surface area contributed by atoms with Crippen LogP contribution in [0.25, 0.3) is 16.5 Å². The Kier molecular flexibility index (Phi) is 6.11. The minimum Gasteiger partial charge on any atom is -0.361 e. The summed E-state index contributed by atoms with van der Waals surface area (Å²) in [5, 5.41) is 7.94. The van der Waals surface area contributed by atoms with Crippen molar-refractivity contribution in [3.8, 4) is 0 Å². The lowest BCUT2D eigenvalue weighted by Crippen LogP contribution is -2.29. The molecule has 9 nitrogen and oxygen atoms in total. The molecule has 0 fully saturated rings. The second kappa shape index (κ2) is 9.39. The van der Waals surface area contributed by atoms with E-state index >= 15 is 0 Å². The van der Waals surface area contributed by atoms with Crippen molar-refractivity contribution >= 4 is 55.3 Å². The molecule has 3 N–H and O–H groups in total. The van der Waals surface area contributed by atoms with Crippen LogP contribution < -0.4 is 19.8 Å². The van der Waals surface area contributed by atoms with E-state index in [1.807, 2.05) is 36.5 Å². The molecule has 0 radical (unpaired) electrons. The zero-order chi connectivity index (χ0) is 27.4. The zero-order valence-corrected chi connectivity index (χ0v) is 23.4. The third kappa shape index (κ3) is 4.63. The number of sulfonamides is 1. The van der Waals surface area contributed by atoms with E-state index in [0.717, 1.165) is 53.2 Å². The van der Waals surface area contributed by atoms with Crippen LogP contribution in [0.5, 0.6) is 0 Å². The van der Waals surface area contributed by atoms with E-state index < -0.39 is 10.0 Å². The third-order valence-electron chi connectivity index (χ3n) is 7.66. The maximum Gasteiger partial charge on any atom is 0.232 e. The van der Waals surface area contributed by atoms with Gasteiger partial charge in [0.2, 0.25) is 16.0 Å². The lowest BCUT2D eigenvalue weighted by Gasteiger charge is -2.27. The second-order valence-electron chi connectivity index (χ2n) is 10.9. The summed E-state index contributed by atoms with van der Waals surface area (Å²) in [4.78, 5) is 15.1. The molecular weight excluding hydrogens is 510 g/mol. The second-order valence-corrected chi connectivity index (χ2v) is 12.9. The predicted molar refractivity (Wildman–Crippen MR) is 159 cm³/mol. The Bertz CT molecular complexity index is 1710. The highest BCUT2D eigenvalue weighted by Crippen LogP contribution is 2.46. The summed E-state index contributed by atoms with van der Waals surface area (Å²) in [6.07, 6.45) is 8.44. The van der Waals surface area contributed by atoms with Gasteiger partial charge in [-0.05, 0) is 48.9 Å². The van der Waals surface area contributed by atoms with E-state index in [2.05, 4.69) is 63.8 Å². The van der Waals surface area contributed by atoms with Gasteiger partial charge in [-0.2, -0.15) is 4.98 Å². The van der Waals surface area contributed by atoms with Crippen LogP contribution in [0.15, 0.2) is 60.9 Å². The lowest BCUT2D eigenvalue weighted by atomic mass is 9.89. The monoisotopic (exact) mass is 543 g/mol. The number of H-pyrrole nitrogens is 1.